The summed E-state index contributed by atoms with van der Waals surface area (Å²) in [5, 5.41) is 2.87. The van der Waals surface area contributed by atoms with Crippen molar-refractivity contribution < 1.29 is 13.4 Å². The predicted octanol–water partition coefficient (Wildman–Crippen LogP) is 6.51. The highest BCUT2D eigenvalue weighted by Gasteiger charge is 2.25. The molecule has 0 spiro atoms. The fraction of sp³-hybridized carbons (Fsp3) is 0.321. The van der Waals surface area contributed by atoms with E-state index in [4.69, 9.17) is 9.40 Å². The molecular weight excluding hydrogens is 413 g/mol. The molecule has 1 fully saturated rings. The molecule has 3 aromatic heterocycles. The minimum atomic E-state index is -0.536. The number of hydrogen-bond donors (Lipinski definition) is 0. The molecule has 0 radical (unpaired) electrons. The lowest BCUT2D eigenvalue weighted by molar-refractivity contribution is -0.662. The van der Waals surface area contributed by atoms with Crippen LogP contribution in [-0.2, 0) is 13.5 Å². The number of aryl methyl sites for hydroxylation is 2. The Bertz CT molecular complexity index is 1550. The maximum Gasteiger partial charge on any atom is 0.287 e. The minimum Gasteiger partial charge on any atom is -0.437 e. The van der Waals surface area contributed by atoms with E-state index in [9.17, 15) is 4.39 Å². The molecule has 0 amide bonds. The van der Waals surface area contributed by atoms with Gasteiger partial charge in [-0.1, -0.05) is 31.7 Å². The van der Waals surface area contributed by atoms with Crippen LogP contribution in [0.2, 0.25) is 0 Å². The lowest BCUT2D eigenvalue weighted by atomic mass is 9.93. The molecule has 2 aromatic carbocycles. The highest BCUT2D eigenvalue weighted by molar-refractivity contribution is 6.11. The number of fused-ring (bicyclic) bond motifs is 4. The zero-order valence-corrected chi connectivity index (χ0v) is 19.3. The lowest BCUT2D eigenvalue weighted by Crippen LogP contribution is -2.32. The van der Waals surface area contributed by atoms with Gasteiger partial charge in [-0.25, -0.2) is 4.57 Å². The van der Waals surface area contributed by atoms with Gasteiger partial charge < -0.3 is 4.42 Å². The van der Waals surface area contributed by atoms with E-state index in [1.165, 1.54) is 37.3 Å². The Morgan fingerprint density at radius 2 is 1.82 bits per heavy atom. The van der Waals surface area contributed by atoms with E-state index in [1.54, 1.807) is 6.07 Å². The van der Waals surface area contributed by atoms with Crippen LogP contribution in [0.1, 0.15) is 42.4 Å². The number of hydrogen-bond acceptors (Lipinski definition) is 3. The number of aromatic nitrogens is 3. The number of rotatable bonds is 3. The van der Waals surface area contributed by atoms with E-state index in [1.807, 2.05) is 13.4 Å². The van der Waals surface area contributed by atoms with Crippen molar-refractivity contribution in [2.75, 3.05) is 0 Å². The Kier molecular flexibility index (Phi) is 4.68. The summed E-state index contributed by atoms with van der Waals surface area (Å²) in [7, 11) is 2.02. The van der Waals surface area contributed by atoms with E-state index < -0.39 is 5.95 Å². The summed E-state index contributed by atoms with van der Waals surface area (Å²) in [4.78, 5) is 8.76. The SMILES string of the molecule is Cc1cc2c(oc3nc(F)ccc32)c(-c2c3ccc(CC4CCCC4)cc3nc[n+]2C)c1C. The van der Waals surface area contributed by atoms with Crippen molar-refractivity contribution in [2.45, 2.75) is 46.0 Å². The van der Waals surface area contributed by atoms with Crippen LogP contribution in [0, 0.1) is 25.7 Å². The molecule has 0 bridgehead atoms. The number of halogens is 1. The van der Waals surface area contributed by atoms with Crippen molar-refractivity contribution in [3.63, 3.8) is 0 Å². The van der Waals surface area contributed by atoms with Crippen LogP contribution in [-0.4, -0.2) is 9.97 Å². The predicted molar refractivity (Wildman–Crippen MR) is 129 cm³/mol. The van der Waals surface area contributed by atoms with Crippen LogP contribution < -0.4 is 4.57 Å². The van der Waals surface area contributed by atoms with Crippen molar-refractivity contribution in [3.05, 3.63) is 65.4 Å². The summed E-state index contributed by atoms with van der Waals surface area (Å²) < 4.78 is 22.1. The second kappa shape index (κ2) is 7.62. The third-order valence-corrected chi connectivity index (χ3v) is 7.39. The summed E-state index contributed by atoms with van der Waals surface area (Å²) in [5.74, 6) is 0.259. The Morgan fingerprint density at radius 1 is 1.03 bits per heavy atom. The van der Waals surface area contributed by atoms with Gasteiger partial charge in [-0.05, 0) is 78.2 Å². The third-order valence-electron chi connectivity index (χ3n) is 7.39. The van der Waals surface area contributed by atoms with Gasteiger partial charge in [-0.2, -0.15) is 9.37 Å². The fourth-order valence-corrected chi connectivity index (χ4v) is 5.55. The second-order valence-corrected chi connectivity index (χ2v) is 9.57. The van der Waals surface area contributed by atoms with Gasteiger partial charge in [0.05, 0.1) is 18.0 Å². The fourth-order valence-electron chi connectivity index (χ4n) is 5.55. The van der Waals surface area contributed by atoms with Gasteiger partial charge in [0.1, 0.15) is 11.3 Å². The first kappa shape index (κ1) is 20.3. The molecule has 6 rings (SSSR count). The number of pyridine rings is 1. The lowest BCUT2D eigenvalue weighted by Gasteiger charge is -2.13. The molecule has 1 aliphatic rings. The molecule has 5 heteroatoms. The Balaban J connectivity index is 1.60. The average Bonchev–Trinajstić information content (AvgIpc) is 3.43. The molecule has 1 aliphatic carbocycles. The van der Waals surface area contributed by atoms with Crippen LogP contribution in [0.4, 0.5) is 4.39 Å². The van der Waals surface area contributed by atoms with Gasteiger partial charge in [0.2, 0.25) is 11.7 Å². The second-order valence-electron chi connectivity index (χ2n) is 9.57. The first-order chi connectivity index (χ1) is 16.0. The standard InChI is InChI=1S/C28H27FN3O/c1-16-12-22-20-10-11-24(29)31-28(20)33-27(22)25(17(16)2)26-21-9-8-19(13-18-6-4-5-7-18)14-23(21)30-15-32(26)3/h8-12,14-15,18H,4-7,13H2,1-3H3/q+1. The molecule has 0 atom stereocenters. The molecule has 5 aromatic rings. The molecular formula is C28H27FN3O+. The van der Waals surface area contributed by atoms with E-state index in [0.29, 0.717) is 5.71 Å². The summed E-state index contributed by atoms with van der Waals surface area (Å²) in [6, 6.07) is 12.0. The molecule has 0 aliphatic heterocycles. The number of benzene rings is 2. The van der Waals surface area contributed by atoms with Crippen LogP contribution in [0.25, 0.3) is 44.2 Å². The highest BCUT2D eigenvalue weighted by Crippen LogP contribution is 2.40. The summed E-state index contributed by atoms with van der Waals surface area (Å²) in [6.07, 6.45) is 8.39. The Morgan fingerprint density at radius 3 is 2.64 bits per heavy atom. The van der Waals surface area contributed by atoms with Gasteiger partial charge in [-0.3, -0.25) is 0 Å². The van der Waals surface area contributed by atoms with Crippen LogP contribution in [0.3, 0.4) is 0 Å². The maximum absolute atomic E-state index is 13.8. The third kappa shape index (κ3) is 3.29. The maximum atomic E-state index is 13.8. The normalized spacial score (nSPS) is 14.8. The van der Waals surface area contributed by atoms with Gasteiger partial charge in [0.25, 0.3) is 6.33 Å². The molecule has 1 saturated carbocycles. The molecule has 4 nitrogen and oxygen atoms in total. The topological polar surface area (TPSA) is 42.8 Å². The molecule has 0 N–H and O–H groups in total. The zero-order valence-electron chi connectivity index (χ0n) is 19.3. The van der Waals surface area contributed by atoms with Gasteiger partial charge in [0, 0.05) is 10.8 Å². The number of nitrogens with zero attached hydrogens (tertiary/aromatic N) is 3. The summed E-state index contributed by atoms with van der Waals surface area (Å²) >= 11 is 0. The van der Waals surface area contributed by atoms with Gasteiger partial charge in [0.15, 0.2) is 5.52 Å². The minimum absolute atomic E-state index is 0.330. The van der Waals surface area contributed by atoms with E-state index in [2.05, 4.69) is 47.7 Å². The molecule has 3 heterocycles. The van der Waals surface area contributed by atoms with Crippen LogP contribution >= 0.6 is 0 Å². The van der Waals surface area contributed by atoms with E-state index >= 15 is 0 Å². The van der Waals surface area contributed by atoms with Crippen molar-refractivity contribution >= 4 is 33.0 Å². The molecule has 166 valence electrons. The smallest absolute Gasteiger partial charge is 0.287 e. The molecule has 0 saturated heterocycles. The Labute approximate surface area is 192 Å². The largest absolute Gasteiger partial charge is 0.437 e. The van der Waals surface area contributed by atoms with Gasteiger partial charge >= 0.3 is 0 Å². The zero-order chi connectivity index (χ0) is 22.7. The summed E-state index contributed by atoms with van der Waals surface area (Å²) in [5.41, 5.74) is 7.79. The monoisotopic (exact) mass is 440 g/mol. The van der Waals surface area contributed by atoms with Crippen molar-refractivity contribution in [3.8, 4) is 11.3 Å². The van der Waals surface area contributed by atoms with E-state index in [0.717, 1.165) is 62.0 Å². The summed E-state index contributed by atoms with van der Waals surface area (Å²) in [6.45, 7) is 4.23. The van der Waals surface area contributed by atoms with Crippen LogP contribution in [0.15, 0.2) is 47.1 Å². The first-order valence-electron chi connectivity index (χ1n) is 11.8. The van der Waals surface area contributed by atoms with Gasteiger partial charge in [-0.15, -0.1) is 0 Å². The number of furan rings is 1. The average molecular weight is 441 g/mol. The van der Waals surface area contributed by atoms with Crippen molar-refractivity contribution in [1.82, 2.24) is 9.97 Å². The van der Waals surface area contributed by atoms with E-state index in [-0.39, 0.29) is 0 Å². The molecule has 0 unspecified atom stereocenters. The quantitative estimate of drug-likeness (QED) is 0.237. The van der Waals surface area contributed by atoms with Crippen LogP contribution in [0.5, 0.6) is 0 Å². The first-order valence-corrected chi connectivity index (χ1v) is 11.8. The van der Waals surface area contributed by atoms with Crippen molar-refractivity contribution in [2.24, 2.45) is 13.0 Å². The highest BCUT2D eigenvalue weighted by atomic mass is 19.1. The Hall–Kier alpha value is -3.34. The molecule has 33 heavy (non-hydrogen) atoms. The van der Waals surface area contributed by atoms with Crippen molar-refractivity contribution in [1.29, 1.82) is 0 Å².